The molecule has 9 heteroatoms. The fourth-order valence-corrected chi connectivity index (χ4v) is 3.10. The minimum atomic E-state index is -1.10. The lowest BCUT2D eigenvalue weighted by Crippen LogP contribution is -2.48. The maximum absolute atomic E-state index is 12.7. The van der Waals surface area contributed by atoms with Gasteiger partial charge in [-0.1, -0.05) is 31.2 Å². The van der Waals surface area contributed by atoms with Crippen LogP contribution in [0.2, 0.25) is 0 Å². The molecule has 8 nitrogen and oxygen atoms in total. The van der Waals surface area contributed by atoms with Crippen molar-refractivity contribution in [3.05, 3.63) is 34.6 Å². The molecule has 140 valence electrons. The number of nitrogens with one attached hydrogen (secondary N) is 1. The number of benzene rings is 1. The molecule has 2 N–H and O–H groups in total. The average Bonchev–Trinajstić information content (AvgIpc) is 2.60. The average molecular weight is 378 g/mol. The van der Waals surface area contributed by atoms with E-state index in [1.807, 2.05) is 6.26 Å². The van der Waals surface area contributed by atoms with E-state index in [9.17, 15) is 19.5 Å². The number of aliphatic carboxylic acids is 1. The van der Waals surface area contributed by atoms with Gasteiger partial charge in [0, 0.05) is 0 Å². The summed E-state index contributed by atoms with van der Waals surface area (Å²) in [5.74, 6) is -1.34. The van der Waals surface area contributed by atoms with E-state index < -0.39 is 29.5 Å². The summed E-state index contributed by atoms with van der Waals surface area (Å²) in [5.41, 5.74) is 0.0143. The number of carboxylic acid groups (broad SMARTS) is 1. The number of hydrogen-bond donors (Lipinski definition) is 2. The molecule has 1 amide bonds. The lowest BCUT2D eigenvalue weighted by Gasteiger charge is -2.23. The van der Waals surface area contributed by atoms with Gasteiger partial charge in [-0.25, -0.2) is 4.79 Å². The molecular weight excluding hydrogens is 356 g/mol. The zero-order valence-electron chi connectivity index (χ0n) is 14.9. The van der Waals surface area contributed by atoms with Gasteiger partial charge in [0.15, 0.2) is 0 Å². The van der Waals surface area contributed by atoms with Crippen LogP contribution in [-0.4, -0.2) is 50.0 Å². The molecule has 26 heavy (non-hydrogen) atoms. The minimum Gasteiger partial charge on any atom is -0.480 e. The first-order valence-corrected chi connectivity index (χ1v) is 9.62. The SMILES string of the molecule is CSCCC(NC(=O)C(C(C)C)n1nnc2ccccc2c1=O)C(=O)O. The highest BCUT2D eigenvalue weighted by Crippen LogP contribution is 2.17. The van der Waals surface area contributed by atoms with E-state index in [1.54, 1.807) is 38.1 Å². The Morgan fingerprint density at radius 1 is 1.31 bits per heavy atom. The normalized spacial score (nSPS) is 13.5. The third-order valence-electron chi connectivity index (χ3n) is 3.98. The first-order valence-electron chi connectivity index (χ1n) is 8.23. The molecule has 0 bridgehead atoms. The Balaban J connectivity index is 2.36. The number of rotatable bonds is 8. The second-order valence-electron chi connectivity index (χ2n) is 6.23. The van der Waals surface area contributed by atoms with E-state index in [4.69, 9.17) is 0 Å². The molecule has 0 aliphatic rings. The third-order valence-corrected chi connectivity index (χ3v) is 4.62. The van der Waals surface area contributed by atoms with Gasteiger partial charge >= 0.3 is 5.97 Å². The van der Waals surface area contributed by atoms with Gasteiger partial charge in [0.1, 0.15) is 17.6 Å². The van der Waals surface area contributed by atoms with Crippen molar-refractivity contribution in [2.75, 3.05) is 12.0 Å². The Morgan fingerprint density at radius 3 is 2.62 bits per heavy atom. The van der Waals surface area contributed by atoms with Crippen LogP contribution in [0.25, 0.3) is 10.9 Å². The predicted molar refractivity (Wildman–Crippen MR) is 100 cm³/mol. The van der Waals surface area contributed by atoms with Crippen molar-refractivity contribution in [2.24, 2.45) is 5.92 Å². The highest BCUT2D eigenvalue weighted by Gasteiger charge is 2.30. The predicted octanol–water partition coefficient (Wildman–Crippen LogP) is 1.31. The molecule has 1 aromatic heterocycles. The summed E-state index contributed by atoms with van der Waals surface area (Å²) in [7, 11) is 0. The zero-order chi connectivity index (χ0) is 19.3. The number of aromatic nitrogens is 3. The van der Waals surface area contributed by atoms with Gasteiger partial charge in [0.25, 0.3) is 5.56 Å². The molecule has 0 aliphatic carbocycles. The van der Waals surface area contributed by atoms with Crippen molar-refractivity contribution in [1.82, 2.24) is 20.3 Å². The van der Waals surface area contributed by atoms with Gasteiger partial charge in [-0.05, 0) is 36.5 Å². The van der Waals surface area contributed by atoms with Crippen LogP contribution in [-0.2, 0) is 9.59 Å². The number of amides is 1. The van der Waals surface area contributed by atoms with Gasteiger partial charge in [0.2, 0.25) is 5.91 Å². The summed E-state index contributed by atoms with van der Waals surface area (Å²) in [6.07, 6.45) is 2.16. The van der Waals surface area contributed by atoms with E-state index in [0.717, 1.165) is 4.68 Å². The third kappa shape index (κ3) is 4.40. The summed E-state index contributed by atoms with van der Waals surface area (Å²) >= 11 is 1.50. The Kier molecular flexibility index (Phi) is 6.73. The van der Waals surface area contributed by atoms with Crippen LogP contribution in [0, 0.1) is 5.92 Å². The maximum atomic E-state index is 12.7. The molecule has 0 saturated heterocycles. The van der Waals surface area contributed by atoms with Crippen molar-refractivity contribution in [2.45, 2.75) is 32.4 Å². The number of carboxylic acids is 1. The molecule has 1 aromatic carbocycles. The number of fused-ring (bicyclic) bond motifs is 1. The lowest BCUT2D eigenvalue weighted by molar-refractivity contribution is -0.142. The van der Waals surface area contributed by atoms with Crippen molar-refractivity contribution in [1.29, 1.82) is 0 Å². The van der Waals surface area contributed by atoms with Crippen LogP contribution in [0.3, 0.4) is 0 Å². The number of thioether (sulfide) groups is 1. The Labute approximate surface area is 155 Å². The first-order chi connectivity index (χ1) is 12.4. The molecule has 0 radical (unpaired) electrons. The fraction of sp³-hybridized carbons (Fsp3) is 0.471. The standard InChI is InChI=1S/C17H22N4O4S/c1-10(2)14(15(22)18-13(17(24)25)8-9-26-3)21-16(23)11-6-4-5-7-12(11)19-20-21/h4-7,10,13-14H,8-9H2,1-3H3,(H,18,22)(H,24,25). The molecule has 1 heterocycles. The largest absolute Gasteiger partial charge is 0.480 e. The highest BCUT2D eigenvalue weighted by atomic mass is 32.2. The van der Waals surface area contributed by atoms with Gasteiger partial charge < -0.3 is 10.4 Å². The van der Waals surface area contributed by atoms with E-state index in [-0.39, 0.29) is 5.92 Å². The summed E-state index contributed by atoms with van der Waals surface area (Å²) < 4.78 is 1.04. The second-order valence-corrected chi connectivity index (χ2v) is 7.21. The van der Waals surface area contributed by atoms with Gasteiger partial charge in [-0.3, -0.25) is 9.59 Å². The van der Waals surface area contributed by atoms with Crippen LogP contribution < -0.4 is 10.9 Å². The molecule has 2 unspecified atom stereocenters. The molecule has 2 rings (SSSR count). The van der Waals surface area contributed by atoms with Crippen molar-refractivity contribution >= 4 is 34.5 Å². The van der Waals surface area contributed by atoms with Crippen molar-refractivity contribution in [3.63, 3.8) is 0 Å². The molecule has 0 fully saturated rings. The topological polar surface area (TPSA) is 114 Å². The first kappa shape index (κ1) is 19.9. The Hall–Kier alpha value is -2.42. The van der Waals surface area contributed by atoms with Crippen LogP contribution in [0.4, 0.5) is 0 Å². The van der Waals surface area contributed by atoms with Crippen LogP contribution >= 0.6 is 11.8 Å². The minimum absolute atomic E-state index is 0.279. The van der Waals surface area contributed by atoms with Crippen LogP contribution in [0.5, 0.6) is 0 Å². The smallest absolute Gasteiger partial charge is 0.326 e. The highest BCUT2D eigenvalue weighted by molar-refractivity contribution is 7.98. The summed E-state index contributed by atoms with van der Waals surface area (Å²) in [4.78, 5) is 36.9. The van der Waals surface area contributed by atoms with E-state index >= 15 is 0 Å². The lowest BCUT2D eigenvalue weighted by atomic mass is 10.0. The number of nitrogens with zero attached hydrogens (tertiary/aromatic N) is 3. The number of carbonyl (C=O) groups excluding carboxylic acids is 1. The molecule has 2 aromatic rings. The monoisotopic (exact) mass is 378 g/mol. The summed E-state index contributed by atoms with van der Waals surface area (Å²) in [6, 6.07) is 4.79. The van der Waals surface area contributed by atoms with E-state index in [0.29, 0.717) is 23.1 Å². The zero-order valence-corrected chi connectivity index (χ0v) is 15.7. The molecule has 0 saturated carbocycles. The molecule has 0 spiro atoms. The summed E-state index contributed by atoms with van der Waals surface area (Å²) in [6.45, 7) is 3.54. The maximum Gasteiger partial charge on any atom is 0.326 e. The van der Waals surface area contributed by atoms with Crippen molar-refractivity contribution in [3.8, 4) is 0 Å². The fourth-order valence-electron chi connectivity index (χ4n) is 2.63. The number of hydrogen-bond acceptors (Lipinski definition) is 6. The Bertz CT molecular complexity index is 852. The summed E-state index contributed by atoms with van der Waals surface area (Å²) in [5, 5.41) is 20.1. The van der Waals surface area contributed by atoms with Gasteiger partial charge in [-0.15, -0.1) is 5.10 Å². The van der Waals surface area contributed by atoms with Crippen LogP contribution in [0.15, 0.2) is 29.1 Å². The van der Waals surface area contributed by atoms with E-state index in [2.05, 4.69) is 15.6 Å². The van der Waals surface area contributed by atoms with Gasteiger partial charge in [-0.2, -0.15) is 16.4 Å². The Morgan fingerprint density at radius 2 is 2.00 bits per heavy atom. The van der Waals surface area contributed by atoms with Crippen LogP contribution in [0.1, 0.15) is 26.3 Å². The molecule has 0 aliphatic heterocycles. The molecule has 2 atom stereocenters. The second kappa shape index (κ2) is 8.79. The van der Waals surface area contributed by atoms with Gasteiger partial charge in [0.05, 0.1) is 5.39 Å². The number of carbonyl (C=O) groups is 2. The van der Waals surface area contributed by atoms with E-state index in [1.165, 1.54) is 11.8 Å². The molecular formula is C17H22N4O4S. The quantitative estimate of drug-likeness (QED) is 0.712. The van der Waals surface area contributed by atoms with Crippen molar-refractivity contribution < 1.29 is 14.7 Å².